The fraction of sp³-hybridized carbons (Fsp3) is 0.300. The van der Waals surface area contributed by atoms with E-state index >= 15 is 0 Å². The molecule has 6 heteroatoms. The lowest BCUT2D eigenvalue weighted by Gasteiger charge is -2.08. The Balaban J connectivity index is 0. The van der Waals surface area contributed by atoms with E-state index in [-0.39, 0.29) is 43.3 Å². The second kappa shape index (κ2) is 8.35. The summed E-state index contributed by atoms with van der Waals surface area (Å²) in [5, 5.41) is 16.0. The third-order valence-electron chi connectivity index (χ3n) is 1.97. The minimum Gasteiger partial charge on any atom is -0.395 e. The number of aliphatic hydroxyl groups excluding tert-OH is 1. The molecule has 0 aliphatic rings. The third-order valence-corrected chi connectivity index (χ3v) is 1.97. The van der Waals surface area contributed by atoms with E-state index in [9.17, 15) is 0 Å². The first-order valence-electron chi connectivity index (χ1n) is 4.43. The highest BCUT2D eigenvalue weighted by Gasteiger charge is 2.03. The van der Waals surface area contributed by atoms with Crippen molar-refractivity contribution in [1.82, 2.24) is 0 Å². The molecule has 16 heavy (non-hydrogen) atoms. The SMILES string of the molecule is Cl.Cl.N=C(N)c1cccc(CC(N)CO)c1. The zero-order valence-electron chi connectivity index (χ0n) is 8.72. The summed E-state index contributed by atoms with van der Waals surface area (Å²) in [6, 6.07) is 7.07. The lowest BCUT2D eigenvalue weighted by Crippen LogP contribution is -2.27. The summed E-state index contributed by atoms with van der Waals surface area (Å²) in [6.07, 6.45) is 0.595. The Hall–Kier alpha value is -0.810. The van der Waals surface area contributed by atoms with Crippen LogP contribution in [0.4, 0.5) is 0 Å². The monoisotopic (exact) mass is 265 g/mol. The first-order valence-corrected chi connectivity index (χ1v) is 4.43. The maximum Gasteiger partial charge on any atom is 0.122 e. The Labute approximate surface area is 107 Å². The van der Waals surface area contributed by atoms with E-state index in [2.05, 4.69) is 0 Å². The number of benzene rings is 1. The molecule has 4 nitrogen and oxygen atoms in total. The summed E-state index contributed by atoms with van der Waals surface area (Å²) in [4.78, 5) is 0. The van der Waals surface area contributed by atoms with Crippen molar-refractivity contribution in [2.24, 2.45) is 11.5 Å². The normalized spacial score (nSPS) is 10.9. The quantitative estimate of drug-likeness (QED) is 0.476. The van der Waals surface area contributed by atoms with E-state index in [1.807, 2.05) is 18.2 Å². The lowest BCUT2D eigenvalue weighted by molar-refractivity contribution is 0.265. The molecule has 1 rings (SSSR count). The van der Waals surface area contributed by atoms with Crippen molar-refractivity contribution in [1.29, 1.82) is 5.41 Å². The van der Waals surface area contributed by atoms with E-state index in [0.717, 1.165) is 5.56 Å². The van der Waals surface area contributed by atoms with Gasteiger partial charge in [-0.3, -0.25) is 5.41 Å². The highest BCUT2D eigenvalue weighted by atomic mass is 35.5. The van der Waals surface area contributed by atoms with Crippen LogP contribution in [0.5, 0.6) is 0 Å². The molecule has 0 saturated carbocycles. The van der Waals surface area contributed by atoms with Crippen LogP contribution < -0.4 is 11.5 Å². The number of aliphatic hydroxyl groups is 1. The van der Waals surface area contributed by atoms with Crippen LogP contribution in [0.1, 0.15) is 11.1 Å². The van der Waals surface area contributed by atoms with Gasteiger partial charge in [0, 0.05) is 11.6 Å². The number of nitrogens with one attached hydrogen (secondary N) is 1. The van der Waals surface area contributed by atoms with Gasteiger partial charge in [0.1, 0.15) is 5.84 Å². The lowest BCUT2D eigenvalue weighted by atomic mass is 10.0. The van der Waals surface area contributed by atoms with Crippen molar-refractivity contribution in [2.75, 3.05) is 6.61 Å². The molecule has 0 fully saturated rings. The first kappa shape index (κ1) is 17.6. The van der Waals surface area contributed by atoms with Crippen molar-refractivity contribution in [3.63, 3.8) is 0 Å². The Bertz CT molecular complexity index is 334. The van der Waals surface area contributed by atoms with Gasteiger partial charge in [0.05, 0.1) is 6.61 Å². The average Bonchev–Trinajstić information content (AvgIpc) is 2.18. The van der Waals surface area contributed by atoms with Crippen molar-refractivity contribution in [3.05, 3.63) is 35.4 Å². The Morgan fingerprint density at radius 1 is 1.38 bits per heavy atom. The predicted molar refractivity (Wildman–Crippen MR) is 70.7 cm³/mol. The number of halogens is 2. The molecule has 0 aliphatic carbocycles. The van der Waals surface area contributed by atoms with Gasteiger partial charge >= 0.3 is 0 Å². The average molecular weight is 266 g/mol. The predicted octanol–water partition coefficient (Wildman–Crippen LogP) is 0.676. The highest BCUT2D eigenvalue weighted by Crippen LogP contribution is 2.06. The summed E-state index contributed by atoms with van der Waals surface area (Å²) in [5.41, 5.74) is 12.6. The summed E-state index contributed by atoms with van der Waals surface area (Å²) in [6.45, 7) is -0.0374. The summed E-state index contributed by atoms with van der Waals surface area (Å²) < 4.78 is 0. The van der Waals surface area contributed by atoms with E-state index in [1.165, 1.54) is 0 Å². The fourth-order valence-corrected chi connectivity index (χ4v) is 1.23. The van der Waals surface area contributed by atoms with Crippen LogP contribution in [0, 0.1) is 5.41 Å². The van der Waals surface area contributed by atoms with Crippen LogP contribution in [0.3, 0.4) is 0 Å². The van der Waals surface area contributed by atoms with E-state index in [0.29, 0.717) is 12.0 Å². The number of nitrogens with two attached hydrogens (primary N) is 2. The maximum absolute atomic E-state index is 8.78. The second-order valence-electron chi connectivity index (χ2n) is 3.26. The minimum atomic E-state index is -0.253. The molecule has 6 N–H and O–H groups in total. The Kier molecular flexibility index (Phi) is 9.18. The summed E-state index contributed by atoms with van der Waals surface area (Å²) >= 11 is 0. The van der Waals surface area contributed by atoms with Gasteiger partial charge in [-0.2, -0.15) is 0 Å². The van der Waals surface area contributed by atoms with Crippen LogP contribution in [0.15, 0.2) is 24.3 Å². The van der Waals surface area contributed by atoms with E-state index in [4.69, 9.17) is 22.0 Å². The zero-order chi connectivity index (χ0) is 10.6. The number of hydrogen-bond acceptors (Lipinski definition) is 3. The van der Waals surface area contributed by atoms with Gasteiger partial charge in [0.2, 0.25) is 0 Å². The zero-order valence-corrected chi connectivity index (χ0v) is 10.4. The smallest absolute Gasteiger partial charge is 0.122 e. The third kappa shape index (κ3) is 5.32. The van der Waals surface area contributed by atoms with Crippen molar-refractivity contribution in [2.45, 2.75) is 12.5 Å². The van der Waals surface area contributed by atoms with Crippen LogP contribution in [-0.4, -0.2) is 23.6 Å². The molecule has 0 heterocycles. The molecular weight excluding hydrogens is 249 g/mol. The molecule has 0 spiro atoms. The topological polar surface area (TPSA) is 96.1 Å². The molecule has 0 saturated heterocycles. The van der Waals surface area contributed by atoms with Gasteiger partial charge in [-0.15, -0.1) is 24.8 Å². The summed E-state index contributed by atoms with van der Waals surface area (Å²) in [7, 11) is 0. The largest absolute Gasteiger partial charge is 0.395 e. The molecule has 0 amide bonds. The number of rotatable bonds is 4. The second-order valence-corrected chi connectivity index (χ2v) is 3.26. The van der Waals surface area contributed by atoms with Gasteiger partial charge in [-0.25, -0.2) is 0 Å². The molecule has 0 radical (unpaired) electrons. The van der Waals surface area contributed by atoms with Gasteiger partial charge in [-0.05, 0) is 18.1 Å². The first-order chi connectivity index (χ1) is 6.63. The summed E-state index contributed by atoms with van der Waals surface area (Å²) in [5.74, 6) is 0.0458. The fourth-order valence-electron chi connectivity index (χ4n) is 1.23. The van der Waals surface area contributed by atoms with Crippen LogP contribution in [0.25, 0.3) is 0 Å². The standard InChI is InChI=1S/C10H15N3O.2ClH/c11-9(6-14)5-7-2-1-3-8(4-7)10(12)13;;/h1-4,9,14H,5-6,11H2,(H3,12,13);2*1H. The molecule has 1 unspecified atom stereocenters. The van der Waals surface area contributed by atoms with Crippen LogP contribution in [-0.2, 0) is 6.42 Å². The van der Waals surface area contributed by atoms with E-state index in [1.54, 1.807) is 6.07 Å². The van der Waals surface area contributed by atoms with Gasteiger partial charge in [0.25, 0.3) is 0 Å². The maximum atomic E-state index is 8.78. The van der Waals surface area contributed by atoms with Crippen molar-refractivity contribution in [3.8, 4) is 0 Å². The minimum absolute atomic E-state index is 0. The molecule has 1 atom stereocenters. The van der Waals surface area contributed by atoms with Gasteiger partial charge in [0.15, 0.2) is 0 Å². The van der Waals surface area contributed by atoms with E-state index < -0.39 is 0 Å². The highest BCUT2D eigenvalue weighted by molar-refractivity contribution is 5.95. The molecule has 0 bridgehead atoms. The van der Waals surface area contributed by atoms with Crippen LogP contribution in [0.2, 0.25) is 0 Å². The molecule has 1 aromatic rings. The molecular formula is C10H17Cl2N3O. The molecule has 0 aromatic heterocycles. The molecule has 92 valence electrons. The van der Waals surface area contributed by atoms with Crippen molar-refractivity contribution < 1.29 is 5.11 Å². The Morgan fingerprint density at radius 3 is 2.50 bits per heavy atom. The molecule has 1 aromatic carbocycles. The van der Waals surface area contributed by atoms with Crippen LogP contribution >= 0.6 is 24.8 Å². The number of amidine groups is 1. The molecule has 0 aliphatic heterocycles. The van der Waals surface area contributed by atoms with Gasteiger partial charge in [-0.1, -0.05) is 18.2 Å². The number of hydrogen-bond donors (Lipinski definition) is 4. The van der Waals surface area contributed by atoms with Crippen molar-refractivity contribution >= 4 is 30.6 Å². The number of nitrogen functional groups attached to an aromatic ring is 1. The Morgan fingerprint density at radius 2 is 2.00 bits per heavy atom. The van der Waals surface area contributed by atoms with Gasteiger partial charge < -0.3 is 16.6 Å².